The highest BCUT2D eigenvalue weighted by atomic mass is 35.5. The number of nitrogens with zero attached hydrogens (tertiary/aromatic N) is 5. The standard InChI is InChI=1S/C22H23Cl2N5O4S/c1-28-3-5-29(6-4-28)22-25-12-19(13-26-22)33-21-8-15(14-34(30,31)32-2)7-20(27-21)16-9-17(23)11-18(24)10-16/h7-13H,3-6,14H2,1-2H3. The summed E-state index contributed by atoms with van der Waals surface area (Å²) in [6.45, 7) is 3.58. The van der Waals surface area contributed by atoms with Crippen molar-refractivity contribution in [1.82, 2.24) is 19.9 Å². The molecule has 3 aromatic rings. The average molecular weight is 524 g/mol. The quantitative estimate of drug-likeness (QED) is 0.427. The number of benzene rings is 1. The van der Waals surface area contributed by atoms with E-state index in [4.69, 9.17) is 27.9 Å². The van der Waals surface area contributed by atoms with Crippen molar-refractivity contribution < 1.29 is 17.3 Å². The third-order valence-corrected chi connectivity index (χ3v) is 6.87. The third-order valence-electron chi connectivity index (χ3n) is 5.24. The summed E-state index contributed by atoms with van der Waals surface area (Å²) >= 11 is 12.3. The predicted octanol–water partition coefficient (Wildman–Crippen LogP) is 3.87. The molecule has 3 heterocycles. The number of ether oxygens (including phenoxy) is 1. The van der Waals surface area contributed by atoms with Crippen LogP contribution in [0.25, 0.3) is 11.3 Å². The molecule has 9 nitrogen and oxygen atoms in total. The van der Waals surface area contributed by atoms with Crippen LogP contribution >= 0.6 is 23.2 Å². The molecular formula is C22H23Cl2N5O4S. The monoisotopic (exact) mass is 523 g/mol. The summed E-state index contributed by atoms with van der Waals surface area (Å²) < 4.78 is 34.6. The van der Waals surface area contributed by atoms with Crippen molar-refractivity contribution in [2.75, 3.05) is 45.2 Å². The van der Waals surface area contributed by atoms with E-state index in [1.807, 2.05) is 0 Å². The zero-order valence-corrected chi connectivity index (χ0v) is 20.9. The molecule has 1 aromatic carbocycles. The molecule has 0 atom stereocenters. The van der Waals surface area contributed by atoms with Crippen molar-refractivity contribution in [1.29, 1.82) is 0 Å². The second-order valence-electron chi connectivity index (χ2n) is 7.84. The Morgan fingerprint density at radius 2 is 1.62 bits per heavy atom. The van der Waals surface area contributed by atoms with Crippen LogP contribution in [-0.2, 0) is 20.1 Å². The second kappa shape index (κ2) is 10.4. The van der Waals surface area contributed by atoms with Crippen LogP contribution in [0.15, 0.2) is 42.7 Å². The minimum atomic E-state index is -3.77. The van der Waals surface area contributed by atoms with Gasteiger partial charge in [-0.25, -0.2) is 15.0 Å². The van der Waals surface area contributed by atoms with Crippen LogP contribution in [-0.4, -0.2) is 68.6 Å². The largest absolute Gasteiger partial charge is 0.436 e. The molecule has 1 fully saturated rings. The van der Waals surface area contributed by atoms with Crippen LogP contribution in [0.1, 0.15) is 5.56 Å². The molecule has 180 valence electrons. The van der Waals surface area contributed by atoms with Gasteiger partial charge in [0.2, 0.25) is 11.8 Å². The summed E-state index contributed by atoms with van der Waals surface area (Å²) in [5, 5.41) is 0.851. The number of pyridine rings is 1. The summed E-state index contributed by atoms with van der Waals surface area (Å²) in [6, 6.07) is 8.12. The lowest BCUT2D eigenvalue weighted by atomic mass is 10.1. The minimum Gasteiger partial charge on any atom is -0.436 e. The van der Waals surface area contributed by atoms with Crippen LogP contribution in [0.2, 0.25) is 10.0 Å². The number of anilines is 1. The Morgan fingerprint density at radius 3 is 2.24 bits per heavy atom. The number of piperazine rings is 1. The highest BCUT2D eigenvalue weighted by Gasteiger charge is 2.18. The lowest BCUT2D eigenvalue weighted by molar-refractivity contribution is 0.311. The van der Waals surface area contributed by atoms with E-state index in [2.05, 4.69) is 36.0 Å². The second-order valence-corrected chi connectivity index (χ2v) is 10.4. The molecule has 1 aliphatic rings. The molecule has 0 bridgehead atoms. The summed E-state index contributed by atoms with van der Waals surface area (Å²) in [6.07, 6.45) is 3.13. The maximum atomic E-state index is 12.0. The van der Waals surface area contributed by atoms with Crippen LogP contribution in [0, 0.1) is 0 Å². The topological polar surface area (TPSA) is 97.8 Å². The molecule has 1 saturated heterocycles. The Bertz CT molecular complexity index is 1250. The van der Waals surface area contributed by atoms with Gasteiger partial charge in [0.15, 0.2) is 5.75 Å². The number of aromatic nitrogens is 3. The van der Waals surface area contributed by atoms with Gasteiger partial charge in [0.05, 0.1) is 25.2 Å². The maximum absolute atomic E-state index is 12.0. The smallest absolute Gasteiger partial charge is 0.271 e. The Morgan fingerprint density at radius 1 is 0.971 bits per heavy atom. The predicted molar refractivity (Wildman–Crippen MR) is 131 cm³/mol. The van der Waals surface area contributed by atoms with Gasteiger partial charge in [0.25, 0.3) is 10.1 Å². The lowest BCUT2D eigenvalue weighted by Gasteiger charge is -2.32. The lowest BCUT2D eigenvalue weighted by Crippen LogP contribution is -2.45. The fraction of sp³-hybridized carbons (Fsp3) is 0.318. The van der Waals surface area contributed by atoms with E-state index in [1.165, 1.54) is 6.07 Å². The highest BCUT2D eigenvalue weighted by molar-refractivity contribution is 7.85. The molecule has 12 heteroatoms. The molecule has 2 aromatic heterocycles. The van der Waals surface area contributed by atoms with Crippen LogP contribution in [0.5, 0.6) is 11.6 Å². The van der Waals surface area contributed by atoms with Gasteiger partial charge in [-0.2, -0.15) is 8.42 Å². The van der Waals surface area contributed by atoms with Crippen LogP contribution in [0.3, 0.4) is 0 Å². The number of rotatable bonds is 7. The van der Waals surface area contributed by atoms with E-state index in [9.17, 15) is 8.42 Å². The third kappa shape index (κ3) is 6.34. The number of halogens is 2. The highest BCUT2D eigenvalue weighted by Crippen LogP contribution is 2.30. The Hall–Kier alpha value is -2.50. The molecule has 1 aliphatic heterocycles. The van der Waals surface area contributed by atoms with Gasteiger partial charge in [0, 0.05) is 47.9 Å². The van der Waals surface area contributed by atoms with Crippen molar-refractivity contribution in [3.63, 3.8) is 0 Å². The van der Waals surface area contributed by atoms with Crippen molar-refractivity contribution in [2.45, 2.75) is 5.75 Å². The summed E-state index contributed by atoms with van der Waals surface area (Å²) in [5.41, 5.74) is 1.48. The maximum Gasteiger partial charge on any atom is 0.271 e. The molecule has 0 saturated carbocycles. The molecule has 0 aliphatic carbocycles. The van der Waals surface area contributed by atoms with Gasteiger partial charge in [0.1, 0.15) is 5.75 Å². The first-order valence-corrected chi connectivity index (χ1v) is 12.7. The van der Waals surface area contributed by atoms with Crippen molar-refractivity contribution in [3.05, 3.63) is 58.3 Å². The summed E-state index contributed by atoms with van der Waals surface area (Å²) in [5.74, 6) is 0.809. The van der Waals surface area contributed by atoms with E-state index in [-0.39, 0.29) is 11.6 Å². The molecule has 0 radical (unpaired) electrons. The van der Waals surface area contributed by atoms with Gasteiger partial charge in [-0.15, -0.1) is 0 Å². The van der Waals surface area contributed by atoms with Gasteiger partial charge in [-0.1, -0.05) is 23.2 Å². The molecule has 34 heavy (non-hydrogen) atoms. The number of hydrogen-bond acceptors (Lipinski definition) is 9. The minimum absolute atomic E-state index is 0.172. The molecule has 0 spiro atoms. The molecule has 4 rings (SSSR count). The Kier molecular flexibility index (Phi) is 7.54. The zero-order chi connectivity index (χ0) is 24.3. The molecule has 0 amide bonds. The number of likely N-dealkylation sites (N-methyl/N-ethyl adjacent to an activating group) is 1. The summed E-state index contributed by atoms with van der Waals surface area (Å²) in [4.78, 5) is 17.7. The average Bonchev–Trinajstić information content (AvgIpc) is 2.79. The van der Waals surface area contributed by atoms with Crippen LogP contribution in [0.4, 0.5) is 5.95 Å². The first kappa shape index (κ1) is 24.6. The first-order chi connectivity index (χ1) is 16.2. The SMILES string of the molecule is COS(=O)(=O)Cc1cc(Oc2cnc(N3CCN(C)CC3)nc2)nc(-c2cc(Cl)cc(Cl)c2)c1. The van der Waals surface area contributed by atoms with E-state index >= 15 is 0 Å². The fourth-order valence-electron chi connectivity index (χ4n) is 3.46. The van der Waals surface area contributed by atoms with Gasteiger partial charge in [-0.3, -0.25) is 4.18 Å². The number of hydrogen-bond donors (Lipinski definition) is 0. The summed E-state index contributed by atoms with van der Waals surface area (Å²) in [7, 11) is -0.570. The van der Waals surface area contributed by atoms with Gasteiger partial charge >= 0.3 is 0 Å². The molecular weight excluding hydrogens is 501 g/mol. The zero-order valence-electron chi connectivity index (χ0n) is 18.6. The van der Waals surface area contributed by atoms with Crippen molar-refractivity contribution in [2.24, 2.45) is 0 Å². The van der Waals surface area contributed by atoms with Crippen LogP contribution < -0.4 is 9.64 Å². The first-order valence-electron chi connectivity index (χ1n) is 10.4. The van der Waals surface area contributed by atoms with Gasteiger partial charge < -0.3 is 14.5 Å². The van der Waals surface area contributed by atoms with E-state index in [0.29, 0.717) is 38.6 Å². The van der Waals surface area contributed by atoms with Crippen molar-refractivity contribution in [3.8, 4) is 22.9 Å². The fourth-order valence-corrected chi connectivity index (χ4v) is 4.68. The Labute approximate surface area is 208 Å². The van der Waals surface area contributed by atoms with Crippen molar-refractivity contribution >= 4 is 39.3 Å². The van der Waals surface area contributed by atoms with E-state index in [0.717, 1.165) is 33.3 Å². The van der Waals surface area contributed by atoms with E-state index in [1.54, 1.807) is 36.7 Å². The molecule has 0 N–H and O–H groups in total. The molecule has 0 unspecified atom stereocenters. The van der Waals surface area contributed by atoms with E-state index < -0.39 is 10.1 Å². The van der Waals surface area contributed by atoms with Gasteiger partial charge in [-0.05, 0) is 36.9 Å². The Balaban J connectivity index is 1.62. The normalized spacial score (nSPS) is 14.9.